The zero-order chi connectivity index (χ0) is 8.18. The Morgan fingerprint density at radius 1 is 1.25 bits per heavy atom. The summed E-state index contributed by atoms with van der Waals surface area (Å²) in [6.45, 7) is 2.46. The minimum Gasteiger partial charge on any atom is -0.382 e. The molecule has 2 bridgehead atoms. The Morgan fingerprint density at radius 2 is 2.00 bits per heavy atom. The van der Waals surface area contributed by atoms with Crippen molar-refractivity contribution in [3.05, 3.63) is 0 Å². The minimum absolute atomic E-state index is 0.736. The predicted octanol–water partition coefficient (Wildman–Crippen LogP) is 0.350. The first-order valence-corrected chi connectivity index (χ1v) is 4.85. The molecule has 3 heteroatoms. The second kappa shape index (κ2) is 2.22. The summed E-state index contributed by atoms with van der Waals surface area (Å²) in [6.07, 6.45) is 2.92. The summed E-state index contributed by atoms with van der Waals surface area (Å²) in [7, 11) is 1.72. The van der Waals surface area contributed by atoms with E-state index in [0.29, 0.717) is 0 Å². The van der Waals surface area contributed by atoms with Crippen LogP contribution in [0.2, 0.25) is 0 Å². The zero-order valence-corrected chi connectivity index (χ0v) is 7.53. The molecule has 2 atom stereocenters. The smallest absolute Gasteiger partial charge is 0.196 e. The lowest BCUT2D eigenvalue weighted by molar-refractivity contribution is -0.756. The molecule has 1 saturated carbocycles. The van der Waals surface area contributed by atoms with Gasteiger partial charge >= 0.3 is 0 Å². The van der Waals surface area contributed by atoms with Gasteiger partial charge in [0.05, 0.1) is 13.2 Å². The van der Waals surface area contributed by atoms with Crippen molar-refractivity contribution in [2.75, 3.05) is 27.1 Å². The third kappa shape index (κ3) is 0.679. The first-order valence-electron chi connectivity index (χ1n) is 4.85. The predicted molar refractivity (Wildman–Crippen MR) is 43.6 cm³/mol. The van der Waals surface area contributed by atoms with Crippen molar-refractivity contribution in [1.82, 2.24) is 0 Å². The molecule has 3 aliphatic heterocycles. The first-order chi connectivity index (χ1) is 5.91. The van der Waals surface area contributed by atoms with Crippen LogP contribution in [-0.2, 0) is 9.47 Å². The van der Waals surface area contributed by atoms with E-state index in [-0.39, 0.29) is 0 Å². The molecule has 0 amide bonds. The molecule has 4 aliphatic rings. The van der Waals surface area contributed by atoms with Crippen molar-refractivity contribution in [2.24, 2.45) is 0 Å². The highest BCUT2D eigenvalue weighted by atomic mass is 16.5. The van der Waals surface area contributed by atoms with Gasteiger partial charge in [0.2, 0.25) is 0 Å². The quantitative estimate of drug-likeness (QED) is 0.337. The number of fused-ring (bicyclic) bond motifs is 1. The van der Waals surface area contributed by atoms with Gasteiger partial charge in [-0.05, 0) is 0 Å². The van der Waals surface area contributed by atoms with E-state index < -0.39 is 0 Å². The molecule has 3 heterocycles. The Balaban J connectivity index is 1.42. The maximum absolute atomic E-state index is 5.57. The van der Waals surface area contributed by atoms with Crippen LogP contribution < -0.4 is 0 Å². The van der Waals surface area contributed by atoms with E-state index in [1.54, 1.807) is 7.11 Å². The highest BCUT2D eigenvalue weighted by Crippen LogP contribution is 2.70. The Labute approximate surface area is 72.8 Å². The summed E-state index contributed by atoms with van der Waals surface area (Å²) >= 11 is 0. The SMILES string of the molecule is COCCOC[N+]12C3CCC1C32. The van der Waals surface area contributed by atoms with E-state index in [0.717, 1.165) is 38.1 Å². The van der Waals surface area contributed by atoms with Crippen LogP contribution in [0.25, 0.3) is 0 Å². The number of ether oxygens (including phenoxy) is 2. The van der Waals surface area contributed by atoms with E-state index in [2.05, 4.69) is 0 Å². The second-order valence-corrected chi connectivity index (χ2v) is 4.23. The van der Waals surface area contributed by atoms with Crippen LogP contribution in [0, 0.1) is 0 Å². The molecule has 1 aliphatic carbocycles. The van der Waals surface area contributed by atoms with Crippen molar-refractivity contribution >= 4 is 0 Å². The average molecular weight is 170 g/mol. The first kappa shape index (κ1) is 7.30. The van der Waals surface area contributed by atoms with Gasteiger partial charge in [-0.25, -0.2) is 0 Å². The van der Waals surface area contributed by atoms with Gasteiger partial charge in [0.15, 0.2) is 24.9 Å². The molecule has 3 nitrogen and oxygen atoms in total. The summed E-state index contributed by atoms with van der Waals surface area (Å²) in [5.41, 5.74) is 0. The van der Waals surface area contributed by atoms with Crippen LogP contribution in [0.1, 0.15) is 12.8 Å². The van der Waals surface area contributed by atoms with Gasteiger partial charge in [-0.15, -0.1) is 0 Å². The van der Waals surface area contributed by atoms with Gasteiger partial charge in [-0.3, -0.25) is 4.48 Å². The number of nitrogens with zero attached hydrogens (tertiary/aromatic N) is 1. The van der Waals surface area contributed by atoms with Crippen LogP contribution in [0.5, 0.6) is 0 Å². The fourth-order valence-corrected chi connectivity index (χ4v) is 3.21. The Bertz CT molecular complexity index is 185. The third-order valence-corrected chi connectivity index (χ3v) is 3.90. The molecule has 0 aromatic heterocycles. The molecule has 0 aromatic rings. The van der Waals surface area contributed by atoms with Gasteiger partial charge < -0.3 is 9.47 Å². The summed E-state index contributed by atoms with van der Waals surface area (Å²) in [4.78, 5) is 0. The normalized spacial score (nSPS) is 52.2. The maximum atomic E-state index is 5.57. The van der Waals surface area contributed by atoms with Crippen molar-refractivity contribution in [3.63, 3.8) is 0 Å². The molecule has 3 saturated heterocycles. The number of hydrogen-bond donors (Lipinski definition) is 0. The summed E-state index contributed by atoms with van der Waals surface area (Å²) in [5.74, 6) is 0. The number of quaternary nitrogens is 1. The number of rotatable bonds is 5. The van der Waals surface area contributed by atoms with Gasteiger partial charge in [-0.2, -0.15) is 0 Å². The van der Waals surface area contributed by atoms with Crippen molar-refractivity contribution in [1.29, 1.82) is 0 Å². The molecular weight excluding hydrogens is 154 g/mol. The zero-order valence-electron chi connectivity index (χ0n) is 7.53. The van der Waals surface area contributed by atoms with Crippen molar-refractivity contribution in [2.45, 2.75) is 31.0 Å². The molecule has 0 aromatic carbocycles. The molecule has 4 fully saturated rings. The molecule has 4 rings (SSSR count). The van der Waals surface area contributed by atoms with Crippen molar-refractivity contribution in [3.8, 4) is 0 Å². The van der Waals surface area contributed by atoms with Crippen LogP contribution in [-0.4, -0.2) is 49.7 Å². The Hall–Kier alpha value is -0.120. The molecule has 0 radical (unpaired) electrons. The van der Waals surface area contributed by atoms with Crippen molar-refractivity contribution < 1.29 is 14.0 Å². The maximum Gasteiger partial charge on any atom is 0.196 e. The molecule has 0 N–H and O–H groups in total. The molecule has 68 valence electrons. The molecular formula is C9H16NO2+. The molecule has 0 spiro atoms. The van der Waals surface area contributed by atoms with Gasteiger partial charge in [0.25, 0.3) is 0 Å². The standard InChI is InChI=1S/C9H16NO2/c1-11-4-5-12-6-10-7-2-3-8(10)9(7)10/h7-9H,2-6H2,1H3/q+1. The van der Waals surface area contributed by atoms with Crippen LogP contribution >= 0.6 is 0 Å². The van der Waals surface area contributed by atoms with Gasteiger partial charge in [0, 0.05) is 20.0 Å². The number of piperidine rings is 1. The number of methoxy groups -OCH3 is 1. The Kier molecular flexibility index (Phi) is 1.35. The van der Waals surface area contributed by atoms with E-state index in [4.69, 9.17) is 9.47 Å². The third-order valence-electron chi connectivity index (χ3n) is 3.90. The average Bonchev–Trinajstić information content (AvgIpc) is 2.74. The minimum atomic E-state index is 0.736. The molecule has 2 unspecified atom stereocenters. The number of hydrogen-bond acceptors (Lipinski definition) is 2. The highest BCUT2D eigenvalue weighted by Gasteiger charge is 2.94. The largest absolute Gasteiger partial charge is 0.382 e. The monoisotopic (exact) mass is 170 g/mol. The fourth-order valence-electron chi connectivity index (χ4n) is 3.21. The molecule has 12 heavy (non-hydrogen) atoms. The summed E-state index contributed by atoms with van der Waals surface area (Å²) in [5, 5.41) is 0. The summed E-state index contributed by atoms with van der Waals surface area (Å²) in [6, 6.07) is 3.06. The Morgan fingerprint density at radius 3 is 2.58 bits per heavy atom. The lowest BCUT2D eigenvalue weighted by Crippen LogP contribution is -2.25. The van der Waals surface area contributed by atoms with E-state index >= 15 is 0 Å². The van der Waals surface area contributed by atoms with E-state index in [1.807, 2.05) is 0 Å². The fraction of sp³-hybridized carbons (Fsp3) is 1.00. The summed E-state index contributed by atoms with van der Waals surface area (Å²) < 4.78 is 11.8. The van der Waals surface area contributed by atoms with E-state index in [1.165, 1.54) is 17.3 Å². The van der Waals surface area contributed by atoms with Gasteiger partial charge in [-0.1, -0.05) is 0 Å². The van der Waals surface area contributed by atoms with Crippen LogP contribution in [0.15, 0.2) is 0 Å². The topological polar surface area (TPSA) is 18.5 Å². The second-order valence-electron chi connectivity index (χ2n) is 4.23. The highest BCUT2D eigenvalue weighted by molar-refractivity contribution is 5.16. The lowest BCUT2D eigenvalue weighted by Gasteiger charge is -2.08. The lowest BCUT2D eigenvalue weighted by atomic mass is 10.3. The van der Waals surface area contributed by atoms with Crippen LogP contribution in [0.4, 0.5) is 0 Å². The van der Waals surface area contributed by atoms with Gasteiger partial charge in [0.1, 0.15) is 0 Å². The van der Waals surface area contributed by atoms with E-state index in [9.17, 15) is 0 Å². The van der Waals surface area contributed by atoms with Crippen LogP contribution in [0.3, 0.4) is 0 Å².